The molecule has 1 saturated heterocycles. The molecule has 0 bridgehead atoms. The molecule has 0 saturated carbocycles. The van der Waals surface area contributed by atoms with Gasteiger partial charge in [-0.1, -0.05) is 0 Å². The SMILES string of the molecule is CCNc1ncnc(N2CCN(c3nccs3)CC2)c1C. The lowest BCUT2D eigenvalue weighted by molar-refractivity contribution is 0.644. The van der Waals surface area contributed by atoms with Gasteiger partial charge in [0.15, 0.2) is 5.13 Å². The van der Waals surface area contributed by atoms with Gasteiger partial charge in [-0.25, -0.2) is 15.0 Å². The van der Waals surface area contributed by atoms with Crippen LogP contribution in [0.4, 0.5) is 16.8 Å². The summed E-state index contributed by atoms with van der Waals surface area (Å²) in [7, 11) is 0. The number of aromatic nitrogens is 3. The molecular weight excluding hydrogens is 284 g/mol. The highest BCUT2D eigenvalue weighted by Gasteiger charge is 2.21. The fourth-order valence-corrected chi connectivity index (χ4v) is 3.28. The quantitative estimate of drug-likeness (QED) is 0.932. The number of rotatable bonds is 4. The first-order valence-corrected chi connectivity index (χ1v) is 8.12. The van der Waals surface area contributed by atoms with E-state index in [1.807, 2.05) is 11.6 Å². The molecule has 21 heavy (non-hydrogen) atoms. The van der Waals surface area contributed by atoms with Crippen LogP contribution in [-0.4, -0.2) is 47.7 Å². The Bertz CT molecular complexity index is 577. The molecule has 0 aromatic carbocycles. The van der Waals surface area contributed by atoms with Gasteiger partial charge in [0.05, 0.1) is 0 Å². The standard InChI is InChI=1S/C14H20N6S/c1-3-15-12-11(2)13(18-10-17-12)19-5-7-20(8-6-19)14-16-4-9-21-14/h4,9-10H,3,5-8H2,1-2H3,(H,15,17,18). The molecule has 1 N–H and O–H groups in total. The van der Waals surface area contributed by atoms with E-state index in [1.165, 1.54) is 0 Å². The first-order chi connectivity index (χ1) is 10.3. The zero-order valence-electron chi connectivity index (χ0n) is 12.4. The Hall–Kier alpha value is -1.89. The summed E-state index contributed by atoms with van der Waals surface area (Å²) in [6, 6.07) is 0. The first kappa shape index (κ1) is 14.1. The molecule has 2 aromatic rings. The van der Waals surface area contributed by atoms with Gasteiger partial charge in [0.1, 0.15) is 18.0 Å². The second kappa shape index (κ2) is 6.26. The summed E-state index contributed by atoms with van der Waals surface area (Å²) in [5, 5.41) is 6.43. The zero-order chi connectivity index (χ0) is 14.7. The van der Waals surface area contributed by atoms with Crippen molar-refractivity contribution in [3.05, 3.63) is 23.5 Å². The highest BCUT2D eigenvalue weighted by atomic mass is 32.1. The monoisotopic (exact) mass is 304 g/mol. The van der Waals surface area contributed by atoms with Gasteiger partial charge in [0.25, 0.3) is 0 Å². The van der Waals surface area contributed by atoms with Crippen LogP contribution in [0.15, 0.2) is 17.9 Å². The van der Waals surface area contributed by atoms with Crippen molar-refractivity contribution in [2.75, 3.05) is 47.8 Å². The number of nitrogens with zero attached hydrogens (tertiary/aromatic N) is 5. The third-order valence-electron chi connectivity index (χ3n) is 3.67. The molecule has 1 aliphatic rings. The van der Waals surface area contributed by atoms with Crippen LogP contribution in [0.5, 0.6) is 0 Å². The van der Waals surface area contributed by atoms with E-state index >= 15 is 0 Å². The Morgan fingerprint density at radius 2 is 1.90 bits per heavy atom. The number of anilines is 3. The van der Waals surface area contributed by atoms with Gasteiger partial charge in [-0.2, -0.15) is 0 Å². The molecule has 0 aliphatic carbocycles. The number of hydrogen-bond acceptors (Lipinski definition) is 7. The minimum Gasteiger partial charge on any atom is -0.370 e. The summed E-state index contributed by atoms with van der Waals surface area (Å²) in [4.78, 5) is 17.8. The van der Waals surface area contributed by atoms with Crippen molar-refractivity contribution in [3.63, 3.8) is 0 Å². The fraction of sp³-hybridized carbons (Fsp3) is 0.500. The molecule has 0 radical (unpaired) electrons. The Kier molecular flexibility index (Phi) is 4.19. The lowest BCUT2D eigenvalue weighted by Crippen LogP contribution is -2.47. The maximum absolute atomic E-state index is 4.48. The maximum atomic E-state index is 4.48. The summed E-state index contributed by atoms with van der Waals surface area (Å²) in [6.45, 7) is 8.91. The zero-order valence-corrected chi connectivity index (χ0v) is 13.2. The van der Waals surface area contributed by atoms with Crippen molar-refractivity contribution in [2.24, 2.45) is 0 Å². The average Bonchev–Trinajstić information content (AvgIpc) is 3.04. The second-order valence-electron chi connectivity index (χ2n) is 4.99. The van der Waals surface area contributed by atoms with Gasteiger partial charge in [0, 0.05) is 49.9 Å². The minimum atomic E-state index is 0.870. The fourth-order valence-electron chi connectivity index (χ4n) is 2.59. The van der Waals surface area contributed by atoms with Crippen molar-refractivity contribution in [1.82, 2.24) is 15.0 Å². The summed E-state index contributed by atoms with van der Waals surface area (Å²) in [6.07, 6.45) is 3.51. The van der Waals surface area contributed by atoms with Crippen LogP contribution in [0.1, 0.15) is 12.5 Å². The molecular formula is C14H20N6S. The molecule has 2 aromatic heterocycles. The van der Waals surface area contributed by atoms with Crippen LogP contribution in [0.2, 0.25) is 0 Å². The number of hydrogen-bond donors (Lipinski definition) is 1. The van der Waals surface area contributed by atoms with Gasteiger partial charge in [-0.3, -0.25) is 0 Å². The van der Waals surface area contributed by atoms with Crippen LogP contribution >= 0.6 is 11.3 Å². The molecule has 0 atom stereocenters. The third-order valence-corrected chi connectivity index (χ3v) is 4.50. The van der Waals surface area contributed by atoms with Crippen molar-refractivity contribution < 1.29 is 0 Å². The minimum absolute atomic E-state index is 0.870. The smallest absolute Gasteiger partial charge is 0.185 e. The van der Waals surface area contributed by atoms with Crippen LogP contribution in [0.25, 0.3) is 0 Å². The third kappa shape index (κ3) is 2.92. The van der Waals surface area contributed by atoms with Gasteiger partial charge >= 0.3 is 0 Å². The van der Waals surface area contributed by atoms with Gasteiger partial charge < -0.3 is 15.1 Å². The Balaban J connectivity index is 1.71. The van der Waals surface area contributed by atoms with E-state index in [0.29, 0.717) is 0 Å². The van der Waals surface area contributed by atoms with Crippen LogP contribution in [-0.2, 0) is 0 Å². The first-order valence-electron chi connectivity index (χ1n) is 7.24. The van der Waals surface area contributed by atoms with E-state index in [9.17, 15) is 0 Å². The predicted octanol–water partition coefficient (Wildman–Crippen LogP) is 2.00. The summed E-state index contributed by atoms with van der Waals surface area (Å²) in [5.74, 6) is 1.98. The Labute approximate surface area is 128 Å². The topological polar surface area (TPSA) is 57.2 Å². The molecule has 0 unspecified atom stereocenters. The molecule has 0 spiro atoms. The summed E-state index contributed by atoms with van der Waals surface area (Å²) in [5.41, 5.74) is 1.13. The molecule has 1 fully saturated rings. The number of thiazole rings is 1. The summed E-state index contributed by atoms with van der Waals surface area (Å²) < 4.78 is 0. The van der Waals surface area contributed by atoms with E-state index < -0.39 is 0 Å². The van der Waals surface area contributed by atoms with E-state index in [1.54, 1.807) is 17.7 Å². The van der Waals surface area contributed by atoms with Crippen LogP contribution in [0.3, 0.4) is 0 Å². The average molecular weight is 304 g/mol. The molecule has 3 rings (SSSR count). The lowest BCUT2D eigenvalue weighted by atomic mass is 10.2. The highest BCUT2D eigenvalue weighted by Crippen LogP contribution is 2.25. The molecule has 3 heterocycles. The Morgan fingerprint density at radius 1 is 1.14 bits per heavy atom. The van der Waals surface area contributed by atoms with Crippen molar-refractivity contribution >= 4 is 28.1 Å². The summed E-state index contributed by atoms with van der Waals surface area (Å²) >= 11 is 1.70. The largest absolute Gasteiger partial charge is 0.370 e. The van der Waals surface area contributed by atoms with Crippen molar-refractivity contribution in [2.45, 2.75) is 13.8 Å². The molecule has 1 aliphatic heterocycles. The van der Waals surface area contributed by atoms with Gasteiger partial charge in [0.2, 0.25) is 0 Å². The highest BCUT2D eigenvalue weighted by molar-refractivity contribution is 7.13. The molecule has 6 nitrogen and oxygen atoms in total. The second-order valence-corrected chi connectivity index (χ2v) is 5.86. The molecule has 112 valence electrons. The van der Waals surface area contributed by atoms with Crippen LogP contribution in [0, 0.1) is 6.92 Å². The van der Waals surface area contributed by atoms with E-state index in [4.69, 9.17) is 0 Å². The van der Waals surface area contributed by atoms with E-state index in [-0.39, 0.29) is 0 Å². The maximum Gasteiger partial charge on any atom is 0.185 e. The number of piperazine rings is 1. The molecule has 7 heteroatoms. The number of nitrogens with one attached hydrogen (secondary N) is 1. The predicted molar refractivity (Wildman–Crippen MR) is 87.5 cm³/mol. The van der Waals surface area contributed by atoms with Crippen molar-refractivity contribution in [1.29, 1.82) is 0 Å². The normalized spacial score (nSPS) is 15.3. The molecule has 0 amide bonds. The van der Waals surface area contributed by atoms with E-state index in [2.05, 4.69) is 43.9 Å². The Morgan fingerprint density at radius 3 is 2.57 bits per heavy atom. The van der Waals surface area contributed by atoms with Gasteiger partial charge in [-0.05, 0) is 13.8 Å². The van der Waals surface area contributed by atoms with Crippen LogP contribution < -0.4 is 15.1 Å². The van der Waals surface area contributed by atoms with Gasteiger partial charge in [-0.15, -0.1) is 11.3 Å². The van der Waals surface area contributed by atoms with E-state index in [0.717, 1.165) is 55.1 Å². The lowest BCUT2D eigenvalue weighted by Gasteiger charge is -2.36. The van der Waals surface area contributed by atoms with Crippen molar-refractivity contribution in [3.8, 4) is 0 Å².